The molecular formula is C13H22N4O2S. The molecule has 1 aromatic heterocycles. The zero-order valence-electron chi connectivity index (χ0n) is 12.4. The summed E-state index contributed by atoms with van der Waals surface area (Å²) in [6, 6.07) is 0.108. The van der Waals surface area contributed by atoms with Crippen molar-refractivity contribution in [2.45, 2.75) is 32.4 Å². The van der Waals surface area contributed by atoms with E-state index in [1.807, 2.05) is 25.8 Å². The van der Waals surface area contributed by atoms with Crippen LogP contribution in [0.5, 0.6) is 0 Å². The minimum atomic E-state index is -0.0712. The van der Waals surface area contributed by atoms with Gasteiger partial charge in [0.2, 0.25) is 0 Å². The number of nitrogens with two attached hydrogens (primary N) is 1. The molecule has 2 N–H and O–H groups in total. The monoisotopic (exact) mass is 298 g/mol. The van der Waals surface area contributed by atoms with Gasteiger partial charge in [0.25, 0.3) is 5.91 Å². The average Bonchev–Trinajstić information content (AvgIpc) is 3.02. The standard InChI is InChI=1S/C13H22N4O2S/c1-5-16(3)13-15-11(14)10(20-13)12(18)17(4)9-6-7-19-8(9)2/h8-9H,5-7,14H2,1-4H3. The van der Waals surface area contributed by atoms with Crippen LogP contribution >= 0.6 is 11.3 Å². The number of aromatic nitrogens is 1. The number of nitrogen functional groups attached to an aromatic ring is 1. The zero-order valence-corrected chi connectivity index (χ0v) is 13.2. The van der Waals surface area contributed by atoms with Gasteiger partial charge in [0, 0.05) is 27.2 Å². The molecule has 2 unspecified atom stereocenters. The van der Waals surface area contributed by atoms with Crippen molar-refractivity contribution in [3.8, 4) is 0 Å². The lowest BCUT2D eigenvalue weighted by Crippen LogP contribution is -2.40. The van der Waals surface area contributed by atoms with Crippen molar-refractivity contribution in [3.05, 3.63) is 4.88 Å². The van der Waals surface area contributed by atoms with Gasteiger partial charge in [0.15, 0.2) is 5.13 Å². The van der Waals surface area contributed by atoms with Crippen molar-refractivity contribution in [2.75, 3.05) is 37.9 Å². The van der Waals surface area contributed by atoms with Crippen LogP contribution in [0.15, 0.2) is 0 Å². The zero-order chi connectivity index (χ0) is 14.9. The van der Waals surface area contributed by atoms with Crippen molar-refractivity contribution in [1.82, 2.24) is 9.88 Å². The molecule has 1 saturated heterocycles. The molecule has 0 spiro atoms. The third-order valence-corrected chi connectivity index (χ3v) is 4.96. The van der Waals surface area contributed by atoms with Gasteiger partial charge in [-0.3, -0.25) is 4.79 Å². The van der Waals surface area contributed by atoms with Gasteiger partial charge in [0.05, 0.1) is 12.1 Å². The van der Waals surface area contributed by atoms with Crippen LogP contribution in [0.4, 0.5) is 10.9 Å². The summed E-state index contributed by atoms with van der Waals surface area (Å²) in [7, 11) is 3.74. The number of carbonyl (C=O) groups excluding carboxylic acids is 1. The topological polar surface area (TPSA) is 71.7 Å². The van der Waals surface area contributed by atoms with E-state index >= 15 is 0 Å². The lowest BCUT2D eigenvalue weighted by molar-refractivity contribution is 0.0579. The van der Waals surface area contributed by atoms with E-state index in [-0.39, 0.29) is 18.1 Å². The number of likely N-dealkylation sites (N-methyl/N-ethyl adjacent to an activating group) is 1. The molecule has 1 aromatic rings. The van der Waals surface area contributed by atoms with Gasteiger partial charge in [-0.25, -0.2) is 4.98 Å². The summed E-state index contributed by atoms with van der Waals surface area (Å²) in [6.45, 7) is 5.55. The summed E-state index contributed by atoms with van der Waals surface area (Å²) in [5.74, 6) is 0.242. The fourth-order valence-corrected chi connectivity index (χ4v) is 3.30. The average molecular weight is 298 g/mol. The fraction of sp³-hybridized carbons (Fsp3) is 0.692. The summed E-state index contributed by atoms with van der Waals surface area (Å²) < 4.78 is 5.52. The highest BCUT2D eigenvalue weighted by Gasteiger charge is 2.32. The molecule has 1 aliphatic heterocycles. The van der Waals surface area contributed by atoms with Crippen molar-refractivity contribution in [1.29, 1.82) is 0 Å². The van der Waals surface area contributed by atoms with E-state index in [0.717, 1.165) is 18.1 Å². The summed E-state index contributed by atoms with van der Waals surface area (Å²) in [5.41, 5.74) is 5.90. The predicted molar refractivity (Wildman–Crippen MR) is 81.4 cm³/mol. The third-order valence-electron chi connectivity index (χ3n) is 3.79. The van der Waals surface area contributed by atoms with E-state index in [4.69, 9.17) is 10.5 Å². The Balaban J connectivity index is 2.18. The van der Waals surface area contributed by atoms with E-state index in [9.17, 15) is 4.79 Å². The number of rotatable bonds is 4. The summed E-state index contributed by atoms with van der Waals surface area (Å²) in [5, 5.41) is 0.775. The first-order valence-corrected chi connectivity index (χ1v) is 7.63. The molecule has 0 radical (unpaired) electrons. The molecule has 1 fully saturated rings. The molecule has 0 aliphatic carbocycles. The van der Waals surface area contributed by atoms with Gasteiger partial charge in [0.1, 0.15) is 10.7 Å². The number of hydrogen-bond donors (Lipinski definition) is 1. The molecule has 20 heavy (non-hydrogen) atoms. The molecule has 7 heteroatoms. The summed E-state index contributed by atoms with van der Waals surface area (Å²) in [6.07, 6.45) is 0.931. The van der Waals surface area contributed by atoms with Gasteiger partial charge >= 0.3 is 0 Å². The number of nitrogens with zero attached hydrogens (tertiary/aromatic N) is 3. The lowest BCUT2D eigenvalue weighted by atomic mass is 10.1. The summed E-state index contributed by atoms with van der Waals surface area (Å²) >= 11 is 1.35. The molecule has 1 amide bonds. The molecule has 0 aromatic carbocycles. The Labute approximate surface area is 123 Å². The van der Waals surface area contributed by atoms with E-state index in [1.165, 1.54) is 11.3 Å². The number of anilines is 2. The number of hydrogen-bond acceptors (Lipinski definition) is 6. The Bertz CT molecular complexity index is 491. The number of thiazole rings is 1. The fourth-order valence-electron chi connectivity index (χ4n) is 2.31. The van der Waals surface area contributed by atoms with E-state index in [1.54, 1.807) is 11.9 Å². The number of carbonyl (C=O) groups is 1. The molecule has 0 saturated carbocycles. The lowest BCUT2D eigenvalue weighted by Gasteiger charge is -2.26. The molecule has 0 bridgehead atoms. The Morgan fingerprint density at radius 2 is 2.25 bits per heavy atom. The molecule has 112 valence electrons. The van der Waals surface area contributed by atoms with Crippen LogP contribution in [-0.2, 0) is 4.74 Å². The van der Waals surface area contributed by atoms with Crippen LogP contribution in [0, 0.1) is 0 Å². The molecule has 2 atom stereocenters. The van der Waals surface area contributed by atoms with Crippen molar-refractivity contribution in [3.63, 3.8) is 0 Å². The quantitative estimate of drug-likeness (QED) is 0.910. The van der Waals surface area contributed by atoms with Gasteiger partial charge in [-0.2, -0.15) is 0 Å². The van der Waals surface area contributed by atoms with Crippen LogP contribution < -0.4 is 10.6 Å². The molecule has 6 nitrogen and oxygen atoms in total. The Morgan fingerprint density at radius 3 is 2.80 bits per heavy atom. The maximum absolute atomic E-state index is 12.6. The highest BCUT2D eigenvalue weighted by Crippen LogP contribution is 2.30. The molecule has 2 rings (SSSR count). The van der Waals surface area contributed by atoms with Gasteiger partial charge < -0.3 is 20.3 Å². The van der Waals surface area contributed by atoms with Gasteiger partial charge in [-0.1, -0.05) is 11.3 Å². The summed E-state index contributed by atoms with van der Waals surface area (Å²) in [4.78, 5) is 21.1. The van der Waals surface area contributed by atoms with Crippen LogP contribution in [0.25, 0.3) is 0 Å². The van der Waals surface area contributed by atoms with E-state index < -0.39 is 0 Å². The van der Waals surface area contributed by atoms with Crippen molar-refractivity contribution < 1.29 is 9.53 Å². The second kappa shape index (κ2) is 5.97. The second-order valence-electron chi connectivity index (χ2n) is 5.07. The molecule has 1 aliphatic rings. The van der Waals surface area contributed by atoms with Crippen LogP contribution in [0.3, 0.4) is 0 Å². The Hall–Kier alpha value is -1.34. The molecule has 2 heterocycles. The van der Waals surface area contributed by atoms with Crippen LogP contribution in [-0.4, -0.2) is 55.2 Å². The first-order chi connectivity index (χ1) is 9.45. The van der Waals surface area contributed by atoms with Crippen LogP contribution in [0.2, 0.25) is 0 Å². The highest BCUT2D eigenvalue weighted by atomic mass is 32.1. The van der Waals surface area contributed by atoms with E-state index in [2.05, 4.69) is 4.98 Å². The largest absolute Gasteiger partial charge is 0.382 e. The minimum Gasteiger partial charge on any atom is -0.382 e. The predicted octanol–water partition coefficient (Wildman–Crippen LogP) is 1.43. The maximum atomic E-state index is 12.6. The third kappa shape index (κ3) is 2.73. The van der Waals surface area contributed by atoms with E-state index in [0.29, 0.717) is 17.3 Å². The smallest absolute Gasteiger partial charge is 0.267 e. The van der Waals surface area contributed by atoms with Gasteiger partial charge in [-0.15, -0.1) is 0 Å². The normalized spacial score (nSPS) is 22.0. The Morgan fingerprint density at radius 1 is 1.55 bits per heavy atom. The molecular weight excluding hydrogens is 276 g/mol. The Kier molecular flexibility index (Phi) is 4.49. The second-order valence-corrected chi connectivity index (χ2v) is 6.05. The maximum Gasteiger partial charge on any atom is 0.267 e. The number of amides is 1. The van der Waals surface area contributed by atoms with Crippen LogP contribution in [0.1, 0.15) is 29.9 Å². The van der Waals surface area contributed by atoms with Gasteiger partial charge in [-0.05, 0) is 20.3 Å². The number of ether oxygens (including phenoxy) is 1. The van der Waals surface area contributed by atoms with Crippen molar-refractivity contribution in [2.24, 2.45) is 0 Å². The minimum absolute atomic E-state index is 0.0656. The first-order valence-electron chi connectivity index (χ1n) is 6.81. The SMILES string of the molecule is CCN(C)c1nc(N)c(C(=O)N(C)C2CCOC2C)s1. The first kappa shape index (κ1) is 15.1. The van der Waals surface area contributed by atoms with Crippen molar-refractivity contribution >= 4 is 28.2 Å². The highest BCUT2D eigenvalue weighted by molar-refractivity contribution is 7.18.